The molecule has 0 unspecified atom stereocenters. The Balaban J connectivity index is 2.09. The molecule has 1 heteroatoms. The quantitative estimate of drug-likeness (QED) is 0.609. The molecule has 1 nitrogen and oxygen atoms in total. The molecule has 0 aromatic heterocycles. The van der Waals surface area contributed by atoms with Gasteiger partial charge in [0.15, 0.2) is 0 Å². The van der Waals surface area contributed by atoms with Crippen LogP contribution in [0.2, 0.25) is 0 Å². The van der Waals surface area contributed by atoms with Gasteiger partial charge in [0.2, 0.25) is 0 Å². The minimum atomic E-state index is 0.663. The Labute approximate surface area is 57.8 Å². The molecule has 1 rings (SSSR count). The van der Waals surface area contributed by atoms with Gasteiger partial charge < -0.3 is 5.32 Å². The number of rotatable bonds is 3. The van der Waals surface area contributed by atoms with E-state index >= 15 is 0 Å². The van der Waals surface area contributed by atoms with Crippen molar-refractivity contribution in [2.45, 2.75) is 33.1 Å². The molecule has 0 atom stereocenters. The summed E-state index contributed by atoms with van der Waals surface area (Å²) in [5.41, 5.74) is 0.663. The fourth-order valence-corrected chi connectivity index (χ4v) is 1.33. The van der Waals surface area contributed by atoms with Crippen LogP contribution in [0.25, 0.3) is 0 Å². The first-order valence-corrected chi connectivity index (χ1v) is 3.97. The Kier molecular flexibility index (Phi) is 2.12. The fourth-order valence-electron chi connectivity index (χ4n) is 1.33. The summed E-state index contributed by atoms with van der Waals surface area (Å²) in [6, 6.07) is 0. The highest BCUT2D eigenvalue weighted by molar-refractivity contribution is 4.87. The van der Waals surface area contributed by atoms with Gasteiger partial charge in [0.25, 0.3) is 0 Å². The summed E-state index contributed by atoms with van der Waals surface area (Å²) in [7, 11) is 0. The summed E-state index contributed by atoms with van der Waals surface area (Å²) in [5, 5.41) is 3.31. The number of hydrogen-bond acceptors (Lipinski definition) is 1. The maximum absolute atomic E-state index is 3.31. The maximum Gasteiger partial charge on any atom is 0.00176 e. The molecule has 54 valence electrons. The van der Waals surface area contributed by atoms with Crippen molar-refractivity contribution in [3.05, 3.63) is 0 Å². The summed E-state index contributed by atoms with van der Waals surface area (Å²) >= 11 is 0. The molecule has 1 heterocycles. The third-order valence-electron chi connectivity index (χ3n) is 2.24. The van der Waals surface area contributed by atoms with Crippen LogP contribution >= 0.6 is 0 Å². The zero-order chi connectivity index (χ0) is 6.74. The lowest BCUT2D eigenvalue weighted by atomic mass is 9.79. The Morgan fingerprint density at radius 1 is 1.44 bits per heavy atom. The maximum atomic E-state index is 3.31. The van der Waals surface area contributed by atoms with E-state index in [9.17, 15) is 0 Å². The zero-order valence-electron chi connectivity index (χ0n) is 6.54. The predicted octanol–water partition coefficient (Wildman–Crippen LogP) is 1.79. The van der Waals surface area contributed by atoms with Crippen LogP contribution in [0.5, 0.6) is 0 Å². The van der Waals surface area contributed by atoms with E-state index in [-0.39, 0.29) is 0 Å². The van der Waals surface area contributed by atoms with Crippen LogP contribution < -0.4 is 5.32 Å². The molecule has 0 spiro atoms. The molecule has 1 fully saturated rings. The minimum absolute atomic E-state index is 0.663. The second-order valence-electron chi connectivity index (χ2n) is 3.52. The van der Waals surface area contributed by atoms with Crippen molar-refractivity contribution in [3.63, 3.8) is 0 Å². The van der Waals surface area contributed by atoms with Gasteiger partial charge in [0.05, 0.1) is 0 Å². The van der Waals surface area contributed by atoms with Crippen molar-refractivity contribution < 1.29 is 0 Å². The Morgan fingerprint density at radius 3 is 2.44 bits per heavy atom. The normalized spacial score (nSPS) is 23.3. The van der Waals surface area contributed by atoms with Crippen LogP contribution in [-0.4, -0.2) is 13.1 Å². The van der Waals surface area contributed by atoms with Crippen molar-refractivity contribution in [3.8, 4) is 0 Å². The summed E-state index contributed by atoms with van der Waals surface area (Å²) in [6.07, 6.45) is 4.16. The Bertz CT molecular complexity index is 84.6. The van der Waals surface area contributed by atoms with Crippen LogP contribution in [0.1, 0.15) is 33.1 Å². The molecule has 0 bridgehead atoms. The van der Waals surface area contributed by atoms with Gasteiger partial charge in [-0.3, -0.25) is 0 Å². The summed E-state index contributed by atoms with van der Waals surface area (Å²) in [5.74, 6) is 0. The number of hydrogen-bond donors (Lipinski definition) is 1. The lowest BCUT2D eigenvalue weighted by Crippen LogP contribution is -2.51. The van der Waals surface area contributed by atoms with E-state index in [4.69, 9.17) is 0 Å². The average Bonchev–Trinajstić information content (AvgIpc) is 1.79. The topological polar surface area (TPSA) is 12.0 Å². The summed E-state index contributed by atoms with van der Waals surface area (Å²) in [4.78, 5) is 0. The standard InChI is InChI=1S/C8H17N/c1-3-4-5-8(2)6-9-7-8/h9H,3-7H2,1-2H3. The van der Waals surface area contributed by atoms with Gasteiger partial charge >= 0.3 is 0 Å². The van der Waals surface area contributed by atoms with Gasteiger partial charge in [-0.1, -0.05) is 26.7 Å². The molecular weight excluding hydrogens is 110 g/mol. The van der Waals surface area contributed by atoms with E-state index in [0.717, 1.165) is 0 Å². The minimum Gasteiger partial charge on any atom is -0.316 e. The molecular formula is C8H17N. The van der Waals surface area contributed by atoms with Gasteiger partial charge in [-0.05, 0) is 11.8 Å². The Morgan fingerprint density at radius 2 is 2.11 bits per heavy atom. The van der Waals surface area contributed by atoms with Crippen LogP contribution in [-0.2, 0) is 0 Å². The molecule has 0 aliphatic carbocycles. The van der Waals surface area contributed by atoms with Gasteiger partial charge in [-0.15, -0.1) is 0 Å². The summed E-state index contributed by atoms with van der Waals surface area (Å²) < 4.78 is 0. The molecule has 1 aliphatic heterocycles. The van der Waals surface area contributed by atoms with Crippen LogP contribution in [0.4, 0.5) is 0 Å². The first kappa shape index (κ1) is 7.07. The molecule has 0 aromatic carbocycles. The van der Waals surface area contributed by atoms with Crippen LogP contribution in [0.3, 0.4) is 0 Å². The molecule has 0 saturated carbocycles. The number of nitrogens with one attached hydrogen (secondary N) is 1. The smallest absolute Gasteiger partial charge is 0.00176 e. The second kappa shape index (κ2) is 2.70. The fraction of sp³-hybridized carbons (Fsp3) is 1.00. The predicted molar refractivity (Wildman–Crippen MR) is 40.5 cm³/mol. The SMILES string of the molecule is CCCCC1(C)CNC1. The molecule has 0 radical (unpaired) electrons. The van der Waals surface area contributed by atoms with Crippen molar-refractivity contribution in [1.29, 1.82) is 0 Å². The van der Waals surface area contributed by atoms with E-state index in [2.05, 4.69) is 19.2 Å². The van der Waals surface area contributed by atoms with E-state index in [0.29, 0.717) is 5.41 Å². The first-order chi connectivity index (χ1) is 4.27. The molecule has 1 N–H and O–H groups in total. The zero-order valence-corrected chi connectivity index (χ0v) is 6.54. The van der Waals surface area contributed by atoms with Gasteiger partial charge in [-0.2, -0.15) is 0 Å². The van der Waals surface area contributed by atoms with Gasteiger partial charge in [0.1, 0.15) is 0 Å². The van der Waals surface area contributed by atoms with Crippen LogP contribution in [0.15, 0.2) is 0 Å². The summed E-state index contributed by atoms with van der Waals surface area (Å²) in [6.45, 7) is 7.12. The lowest BCUT2D eigenvalue weighted by Gasteiger charge is -2.39. The molecule has 9 heavy (non-hydrogen) atoms. The second-order valence-corrected chi connectivity index (χ2v) is 3.52. The molecule has 0 amide bonds. The van der Waals surface area contributed by atoms with Crippen LogP contribution in [0, 0.1) is 5.41 Å². The number of unbranched alkanes of at least 4 members (excludes halogenated alkanes) is 1. The molecule has 1 saturated heterocycles. The highest BCUT2D eigenvalue weighted by atomic mass is 15.0. The highest BCUT2D eigenvalue weighted by Gasteiger charge is 2.29. The van der Waals surface area contributed by atoms with Crippen molar-refractivity contribution >= 4 is 0 Å². The van der Waals surface area contributed by atoms with Crippen molar-refractivity contribution in [2.75, 3.05) is 13.1 Å². The highest BCUT2D eigenvalue weighted by Crippen LogP contribution is 2.27. The lowest BCUT2D eigenvalue weighted by molar-refractivity contribution is 0.175. The van der Waals surface area contributed by atoms with Gasteiger partial charge in [0, 0.05) is 13.1 Å². The molecule has 0 aromatic rings. The monoisotopic (exact) mass is 127 g/mol. The van der Waals surface area contributed by atoms with E-state index in [1.165, 1.54) is 32.4 Å². The first-order valence-electron chi connectivity index (χ1n) is 3.97. The average molecular weight is 127 g/mol. The van der Waals surface area contributed by atoms with Gasteiger partial charge in [-0.25, -0.2) is 0 Å². The molecule has 1 aliphatic rings. The van der Waals surface area contributed by atoms with E-state index in [1.54, 1.807) is 0 Å². The third-order valence-corrected chi connectivity index (χ3v) is 2.24. The third kappa shape index (κ3) is 1.68. The van der Waals surface area contributed by atoms with Crippen molar-refractivity contribution in [1.82, 2.24) is 5.32 Å². The van der Waals surface area contributed by atoms with E-state index < -0.39 is 0 Å². The van der Waals surface area contributed by atoms with E-state index in [1.807, 2.05) is 0 Å². The Hall–Kier alpha value is -0.0400. The van der Waals surface area contributed by atoms with Crippen molar-refractivity contribution in [2.24, 2.45) is 5.41 Å². The largest absolute Gasteiger partial charge is 0.316 e.